The third kappa shape index (κ3) is 5.30. The quantitative estimate of drug-likeness (QED) is 0.234. The van der Waals surface area contributed by atoms with Crippen molar-refractivity contribution in [1.29, 1.82) is 0 Å². The van der Waals surface area contributed by atoms with E-state index < -0.39 is 71.9 Å². The maximum Gasteiger partial charge on any atom is 0.418 e. The Kier molecular flexibility index (Phi) is 7.59. The van der Waals surface area contributed by atoms with Crippen LogP contribution in [0.1, 0.15) is 29.4 Å². The maximum atomic E-state index is 13.9. The van der Waals surface area contributed by atoms with Crippen molar-refractivity contribution in [2.45, 2.75) is 43.6 Å². The highest BCUT2D eigenvalue weighted by Gasteiger charge is 2.48. The van der Waals surface area contributed by atoms with E-state index in [4.69, 9.17) is 16.3 Å². The van der Waals surface area contributed by atoms with E-state index in [1.54, 1.807) is 0 Å². The first-order valence-electron chi connectivity index (χ1n) is 11.9. The average molecular weight is 604 g/mol. The molecular weight excluding hydrogens is 584 g/mol. The number of aliphatic hydroxyl groups is 3. The van der Waals surface area contributed by atoms with Crippen LogP contribution in [0.5, 0.6) is 0 Å². The fourth-order valence-corrected chi connectivity index (χ4v) is 4.88. The fraction of sp³-hybridized carbons (Fsp3) is 0.320. The summed E-state index contributed by atoms with van der Waals surface area (Å²) in [5.74, 6) is -4.86. The topological polar surface area (TPSA) is 118 Å². The van der Waals surface area contributed by atoms with Crippen LogP contribution < -0.4 is 0 Å². The number of halogens is 7. The van der Waals surface area contributed by atoms with Gasteiger partial charge in [-0.05, 0) is 42.8 Å². The number of aliphatic hydroxyl groups excluding tert-OH is 3. The van der Waals surface area contributed by atoms with Crippen LogP contribution in [-0.2, 0) is 10.9 Å². The zero-order valence-electron chi connectivity index (χ0n) is 20.8. The molecule has 0 saturated carbocycles. The molecule has 5 rings (SSSR count). The Morgan fingerprint density at radius 2 is 1.71 bits per heavy atom. The second-order valence-electron chi connectivity index (χ2n) is 9.30. The number of hydrogen-bond acceptors (Lipinski definition) is 7. The lowest BCUT2D eigenvalue weighted by Gasteiger charge is -2.42. The molecular formula is C25H20ClF6N5O4. The van der Waals surface area contributed by atoms with E-state index in [1.165, 1.54) is 13.1 Å². The molecule has 9 nitrogen and oxygen atoms in total. The molecule has 218 valence electrons. The second kappa shape index (κ2) is 10.7. The molecule has 1 fully saturated rings. The average Bonchev–Trinajstić information content (AvgIpc) is 3.53. The highest BCUT2D eigenvalue weighted by molar-refractivity contribution is 6.30. The Morgan fingerprint density at radius 3 is 2.34 bits per heavy atom. The lowest BCUT2D eigenvalue weighted by atomic mass is 9.92. The minimum absolute atomic E-state index is 0.00820. The van der Waals surface area contributed by atoms with Crippen LogP contribution in [0.3, 0.4) is 0 Å². The van der Waals surface area contributed by atoms with Crippen LogP contribution in [0.15, 0.2) is 42.7 Å². The minimum atomic E-state index is -4.82. The van der Waals surface area contributed by atoms with E-state index in [2.05, 4.69) is 15.2 Å². The van der Waals surface area contributed by atoms with Gasteiger partial charge in [-0.1, -0.05) is 11.6 Å². The van der Waals surface area contributed by atoms with Crippen molar-refractivity contribution < 1.29 is 46.4 Å². The van der Waals surface area contributed by atoms with Gasteiger partial charge in [-0.15, -0.1) is 0 Å². The van der Waals surface area contributed by atoms with Gasteiger partial charge in [-0.3, -0.25) is 4.68 Å². The van der Waals surface area contributed by atoms with Crippen LogP contribution in [0, 0.1) is 24.4 Å². The van der Waals surface area contributed by atoms with Gasteiger partial charge in [0.15, 0.2) is 23.3 Å². The molecule has 0 radical (unpaired) electrons. The van der Waals surface area contributed by atoms with Gasteiger partial charge in [-0.2, -0.15) is 23.4 Å². The van der Waals surface area contributed by atoms with Gasteiger partial charge >= 0.3 is 6.18 Å². The van der Waals surface area contributed by atoms with Gasteiger partial charge in [0.05, 0.1) is 24.1 Å². The van der Waals surface area contributed by atoms with Crippen molar-refractivity contribution in [1.82, 2.24) is 24.5 Å². The molecule has 0 spiro atoms. The van der Waals surface area contributed by atoms with Crippen LogP contribution in [0.2, 0.25) is 5.02 Å². The highest BCUT2D eigenvalue weighted by atomic mass is 35.5. The van der Waals surface area contributed by atoms with Crippen molar-refractivity contribution >= 4 is 11.6 Å². The second-order valence-corrected chi connectivity index (χ2v) is 9.74. The summed E-state index contributed by atoms with van der Waals surface area (Å²) >= 11 is 5.98. The zero-order valence-corrected chi connectivity index (χ0v) is 21.5. The molecule has 0 aliphatic carbocycles. The van der Waals surface area contributed by atoms with Gasteiger partial charge in [0.2, 0.25) is 0 Å². The molecule has 2 aromatic heterocycles. The summed E-state index contributed by atoms with van der Waals surface area (Å²) in [7, 11) is 0. The molecule has 16 heteroatoms. The molecule has 2 aromatic carbocycles. The monoisotopic (exact) mass is 603 g/mol. The summed E-state index contributed by atoms with van der Waals surface area (Å²) in [5.41, 5.74) is -1.64. The summed E-state index contributed by atoms with van der Waals surface area (Å²) in [4.78, 5) is 4.16. The molecule has 41 heavy (non-hydrogen) atoms. The predicted molar refractivity (Wildman–Crippen MR) is 129 cm³/mol. The lowest BCUT2D eigenvalue weighted by molar-refractivity contribution is -0.210. The molecule has 1 aliphatic rings. The summed E-state index contributed by atoms with van der Waals surface area (Å²) in [6.45, 7) is 0.616. The molecule has 5 atom stereocenters. The van der Waals surface area contributed by atoms with E-state index in [1.807, 2.05) is 0 Å². The normalized spacial score (nSPS) is 23.2. The van der Waals surface area contributed by atoms with Gasteiger partial charge < -0.3 is 20.1 Å². The molecule has 4 aromatic rings. The van der Waals surface area contributed by atoms with E-state index in [-0.39, 0.29) is 27.8 Å². The summed E-state index contributed by atoms with van der Waals surface area (Å²) in [5, 5.41) is 40.2. The number of nitrogens with zero attached hydrogens (tertiary/aromatic N) is 5. The smallest absolute Gasteiger partial charge is 0.394 e. The van der Waals surface area contributed by atoms with Crippen molar-refractivity contribution in [2.75, 3.05) is 6.61 Å². The first-order valence-corrected chi connectivity index (χ1v) is 12.3. The molecule has 3 N–H and O–H groups in total. The maximum absolute atomic E-state index is 13.9. The molecule has 3 heterocycles. The molecule has 0 unspecified atom stereocenters. The summed E-state index contributed by atoms with van der Waals surface area (Å²) in [6, 6.07) is 2.86. The van der Waals surface area contributed by atoms with Crippen molar-refractivity contribution in [3.8, 4) is 16.8 Å². The number of aromatic nitrogens is 5. The third-order valence-corrected chi connectivity index (χ3v) is 6.84. The Morgan fingerprint density at radius 1 is 1.02 bits per heavy atom. The SMILES string of the molecule is Cc1nc([C@@H]2O[C@H](CO)[C@H](O)[C@H](n3cc(-c4cc(F)c(F)c(F)c4)cn3)[C@H]2O)n(-c2cc(Cl)ccc2C(F)(F)F)n1. The van der Waals surface area contributed by atoms with Gasteiger partial charge in [0, 0.05) is 16.8 Å². The Labute approximate surface area is 232 Å². The van der Waals surface area contributed by atoms with Crippen molar-refractivity contribution in [2.24, 2.45) is 0 Å². The number of ether oxygens (including phenoxy) is 1. The number of aryl methyl sites for hydroxylation is 1. The van der Waals surface area contributed by atoms with Crippen LogP contribution >= 0.6 is 11.6 Å². The van der Waals surface area contributed by atoms with E-state index in [0.29, 0.717) is 0 Å². The summed E-state index contributed by atoms with van der Waals surface area (Å²) in [6.07, 6.45) is -8.79. The number of benzene rings is 2. The zero-order chi connectivity index (χ0) is 29.8. The standard InChI is InChI=1S/C25H20ClF6N5O4/c1-10-34-24(37(35-10)17-6-13(26)2-3-14(17)25(30,31)32)23-22(40)20(21(39)18(9-38)41-23)36-8-12(7-33-36)11-4-15(27)19(29)16(28)5-11/h2-8,18,20-23,38-40H,9H2,1H3/t18-,20+,21+,22-,23-/m1/s1. The predicted octanol–water partition coefficient (Wildman–Crippen LogP) is 3.92. The minimum Gasteiger partial charge on any atom is -0.394 e. The Hall–Kier alpha value is -3.50. The molecule has 0 bridgehead atoms. The Bertz CT molecular complexity index is 1570. The van der Waals surface area contributed by atoms with Gasteiger partial charge in [0.1, 0.15) is 36.3 Å². The highest BCUT2D eigenvalue weighted by Crippen LogP contribution is 2.41. The molecule has 1 aliphatic heterocycles. The Balaban J connectivity index is 1.58. The van der Waals surface area contributed by atoms with Crippen molar-refractivity contribution in [3.05, 3.63) is 82.4 Å². The largest absolute Gasteiger partial charge is 0.418 e. The van der Waals surface area contributed by atoms with Crippen LogP contribution in [0.4, 0.5) is 26.3 Å². The lowest BCUT2D eigenvalue weighted by Crippen LogP contribution is -2.53. The van der Waals surface area contributed by atoms with E-state index in [0.717, 1.165) is 45.9 Å². The van der Waals surface area contributed by atoms with E-state index in [9.17, 15) is 41.7 Å². The van der Waals surface area contributed by atoms with Gasteiger partial charge in [-0.25, -0.2) is 22.8 Å². The van der Waals surface area contributed by atoms with Crippen molar-refractivity contribution in [3.63, 3.8) is 0 Å². The van der Waals surface area contributed by atoms with E-state index >= 15 is 0 Å². The van der Waals surface area contributed by atoms with Gasteiger partial charge in [0.25, 0.3) is 0 Å². The fourth-order valence-electron chi connectivity index (χ4n) is 4.71. The summed E-state index contributed by atoms with van der Waals surface area (Å²) < 4.78 is 90.1. The third-order valence-electron chi connectivity index (χ3n) is 6.60. The molecule has 1 saturated heterocycles. The first kappa shape index (κ1) is 29.0. The first-order chi connectivity index (χ1) is 19.3. The number of rotatable bonds is 5. The van der Waals surface area contributed by atoms with Crippen LogP contribution in [-0.4, -0.2) is 64.8 Å². The number of alkyl halides is 3. The molecule has 0 amide bonds. The number of hydrogen-bond donors (Lipinski definition) is 3. The van der Waals surface area contributed by atoms with Crippen LogP contribution in [0.25, 0.3) is 16.8 Å².